The normalized spacial score (nSPS) is 18.4. The van der Waals surface area contributed by atoms with Gasteiger partial charge >= 0.3 is 0 Å². The van der Waals surface area contributed by atoms with Crippen molar-refractivity contribution in [1.29, 1.82) is 0 Å². The molecule has 3 rings (SSSR count). The van der Waals surface area contributed by atoms with E-state index in [2.05, 4.69) is 4.98 Å². The second-order valence-electron chi connectivity index (χ2n) is 5.76. The molecule has 3 nitrogen and oxygen atoms in total. The van der Waals surface area contributed by atoms with Crippen molar-refractivity contribution in [2.24, 2.45) is 5.92 Å². The topological polar surface area (TPSA) is 33.2 Å². The Balaban J connectivity index is 1.57. The van der Waals surface area contributed by atoms with Crippen molar-refractivity contribution >= 4 is 17.2 Å². The molecular formula is C17H19FN2OS. The number of carbonyl (C=O) groups excluding carboxylic acids is 1. The van der Waals surface area contributed by atoms with Gasteiger partial charge in [-0.25, -0.2) is 9.37 Å². The van der Waals surface area contributed by atoms with Gasteiger partial charge in [0.05, 0.1) is 5.51 Å². The maximum atomic E-state index is 13.7. The first-order valence-electron chi connectivity index (χ1n) is 7.65. The third-order valence-corrected chi connectivity index (χ3v) is 4.82. The van der Waals surface area contributed by atoms with Crippen LogP contribution in [0.3, 0.4) is 0 Å². The van der Waals surface area contributed by atoms with E-state index in [1.807, 2.05) is 17.0 Å². The molecule has 1 aliphatic heterocycles. The Morgan fingerprint density at radius 2 is 2.27 bits per heavy atom. The molecular weight excluding hydrogens is 299 g/mol. The van der Waals surface area contributed by atoms with Crippen molar-refractivity contribution < 1.29 is 9.18 Å². The summed E-state index contributed by atoms with van der Waals surface area (Å²) in [5.41, 5.74) is 3.00. The molecule has 0 radical (unpaired) electrons. The summed E-state index contributed by atoms with van der Waals surface area (Å²) in [6.45, 7) is 1.55. The van der Waals surface area contributed by atoms with Gasteiger partial charge in [-0.1, -0.05) is 18.2 Å². The molecule has 1 saturated heterocycles. The number of likely N-dealkylation sites (tertiary alicyclic amines) is 1. The van der Waals surface area contributed by atoms with Crippen molar-refractivity contribution in [3.63, 3.8) is 0 Å². The summed E-state index contributed by atoms with van der Waals surface area (Å²) in [5.74, 6) is 0.335. The highest BCUT2D eigenvalue weighted by Crippen LogP contribution is 2.23. The van der Waals surface area contributed by atoms with E-state index in [0.29, 0.717) is 11.6 Å². The number of nitrogens with zero attached hydrogens (tertiary/aromatic N) is 2. The zero-order valence-corrected chi connectivity index (χ0v) is 13.2. The predicted molar refractivity (Wildman–Crippen MR) is 85.5 cm³/mol. The predicted octanol–water partition coefficient (Wildman–Crippen LogP) is 3.77. The van der Waals surface area contributed by atoms with Crippen LogP contribution in [-0.2, 0) is 6.42 Å². The number of piperidine rings is 1. The summed E-state index contributed by atoms with van der Waals surface area (Å²) in [5, 5.41) is 1.80. The minimum absolute atomic E-state index is 0.0249. The average molecular weight is 318 g/mol. The molecule has 1 amide bonds. The molecule has 0 spiro atoms. The van der Waals surface area contributed by atoms with Crippen LogP contribution >= 0.6 is 11.3 Å². The molecule has 1 aromatic carbocycles. The van der Waals surface area contributed by atoms with Crippen molar-refractivity contribution in [3.05, 3.63) is 52.2 Å². The van der Waals surface area contributed by atoms with E-state index in [9.17, 15) is 9.18 Å². The van der Waals surface area contributed by atoms with Crippen molar-refractivity contribution in [3.8, 4) is 0 Å². The highest BCUT2D eigenvalue weighted by atomic mass is 32.1. The fraction of sp³-hybridized carbons (Fsp3) is 0.412. The van der Waals surface area contributed by atoms with Gasteiger partial charge in [0, 0.05) is 18.5 Å². The average Bonchev–Trinajstić information content (AvgIpc) is 3.08. The van der Waals surface area contributed by atoms with E-state index in [1.165, 1.54) is 17.4 Å². The van der Waals surface area contributed by atoms with E-state index in [1.54, 1.807) is 17.0 Å². The largest absolute Gasteiger partial charge is 0.337 e. The van der Waals surface area contributed by atoms with Gasteiger partial charge in [-0.15, -0.1) is 11.3 Å². The number of benzene rings is 1. The number of hydrogen-bond donors (Lipinski definition) is 0. The van der Waals surface area contributed by atoms with Gasteiger partial charge in [0.15, 0.2) is 0 Å². The molecule has 2 aromatic rings. The molecule has 1 aromatic heterocycles. The van der Waals surface area contributed by atoms with Gasteiger partial charge in [0.1, 0.15) is 11.5 Å². The zero-order valence-electron chi connectivity index (χ0n) is 12.4. The lowest BCUT2D eigenvalue weighted by Gasteiger charge is -2.32. The maximum Gasteiger partial charge on any atom is 0.273 e. The Bertz CT molecular complexity index is 629. The van der Waals surface area contributed by atoms with Crippen LogP contribution in [0.25, 0.3) is 0 Å². The van der Waals surface area contributed by atoms with Gasteiger partial charge < -0.3 is 4.90 Å². The first-order valence-corrected chi connectivity index (χ1v) is 8.59. The molecule has 116 valence electrons. The minimum Gasteiger partial charge on any atom is -0.337 e. The Labute approximate surface area is 133 Å². The minimum atomic E-state index is -0.131. The van der Waals surface area contributed by atoms with Crippen LogP contribution in [0.15, 0.2) is 35.2 Å². The molecule has 1 fully saturated rings. The van der Waals surface area contributed by atoms with Gasteiger partial charge in [-0.3, -0.25) is 4.79 Å². The van der Waals surface area contributed by atoms with Crippen molar-refractivity contribution in [2.45, 2.75) is 25.7 Å². The van der Waals surface area contributed by atoms with Gasteiger partial charge in [0.2, 0.25) is 0 Å². The smallest absolute Gasteiger partial charge is 0.273 e. The lowest BCUT2D eigenvalue weighted by atomic mass is 9.91. The number of amides is 1. The lowest BCUT2D eigenvalue weighted by Crippen LogP contribution is -2.40. The van der Waals surface area contributed by atoms with E-state index in [0.717, 1.165) is 44.3 Å². The van der Waals surface area contributed by atoms with E-state index in [4.69, 9.17) is 0 Å². The standard InChI is InChI=1S/C17H19FN2OS/c18-15-6-2-1-5-14(15)8-7-13-4-3-9-20(10-13)17(21)16-11-22-12-19-16/h1-2,5-6,11-13H,3-4,7-10H2/t13-/m0/s1. The third kappa shape index (κ3) is 3.53. The number of aromatic nitrogens is 1. The van der Waals surface area contributed by atoms with Gasteiger partial charge in [-0.2, -0.15) is 0 Å². The number of aryl methyl sites for hydroxylation is 1. The van der Waals surface area contributed by atoms with Crippen LogP contribution in [0.2, 0.25) is 0 Å². The molecule has 0 unspecified atom stereocenters. The second kappa shape index (κ2) is 7.01. The summed E-state index contributed by atoms with van der Waals surface area (Å²) < 4.78 is 13.7. The SMILES string of the molecule is O=C(c1cscn1)N1CCC[C@@H](CCc2ccccc2F)C1. The van der Waals surface area contributed by atoms with Crippen molar-refractivity contribution in [1.82, 2.24) is 9.88 Å². The number of carbonyl (C=O) groups is 1. The van der Waals surface area contributed by atoms with Gasteiger partial charge in [-0.05, 0) is 43.2 Å². The molecule has 5 heteroatoms. The van der Waals surface area contributed by atoms with E-state index >= 15 is 0 Å². The van der Waals surface area contributed by atoms with E-state index in [-0.39, 0.29) is 11.7 Å². The van der Waals surface area contributed by atoms with Crippen molar-refractivity contribution in [2.75, 3.05) is 13.1 Å². The summed E-state index contributed by atoms with van der Waals surface area (Å²) in [7, 11) is 0. The Kier molecular flexibility index (Phi) is 4.83. The molecule has 1 aliphatic rings. The monoisotopic (exact) mass is 318 g/mol. The van der Waals surface area contributed by atoms with Crippen LogP contribution in [-0.4, -0.2) is 28.9 Å². The van der Waals surface area contributed by atoms with Crippen LogP contribution < -0.4 is 0 Å². The van der Waals surface area contributed by atoms with Crippen LogP contribution in [0.1, 0.15) is 35.3 Å². The van der Waals surface area contributed by atoms with E-state index < -0.39 is 0 Å². The first-order chi connectivity index (χ1) is 10.7. The number of halogens is 1. The lowest BCUT2D eigenvalue weighted by molar-refractivity contribution is 0.0663. The molecule has 0 aliphatic carbocycles. The molecule has 0 saturated carbocycles. The summed E-state index contributed by atoms with van der Waals surface area (Å²) in [4.78, 5) is 18.3. The highest BCUT2D eigenvalue weighted by Gasteiger charge is 2.25. The summed E-state index contributed by atoms with van der Waals surface area (Å²) >= 11 is 1.44. The molecule has 1 atom stereocenters. The van der Waals surface area contributed by atoms with Crippen LogP contribution in [0.5, 0.6) is 0 Å². The number of thiazole rings is 1. The van der Waals surface area contributed by atoms with Crippen LogP contribution in [0, 0.1) is 11.7 Å². The molecule has 0 bridgehead atoms. The third-order valence-electron chi connectivity index (χ3n) is 4.24. The number of hydrogen-bond acceptors (Lipinski definition) is 3. The fourth-order valence-corrected chi connectivity index (χ4v) is 3.55. The Hall–Kier alpha value is -1.75. The number of rotatable bonds is 4. The summed E-state index contributed by atoms with van der Waals surface area (Å²) in [6, 6.07) is 6.94. The quantitative estimate of drug-likeness (QED) is 0.860. The molecule has 0 N–H and O–H groups in total. The highest BCUT2D eigenvalue weighted by molar-refractivity contribution is 7.07. The first kappa shape index (κ1) is 15.2. The second-order valence-corrected chi connectivity index (χ2v) is 6.48. The Morgan fingerprint density at radius 1 is 1.41 bits per heavy atom. The summed E-state index contributed by atoms with van der Waals surface area (Å²) in [6.07, 6.45) is 3.77. The van der Waals surface area contributed by atoms with Crippen LogP contribution in [0.4, 0.5) is 4.39 Å². The fourth-order valence-electron chi connectivity index (χ4n) is 3.03. The Morgan fingerprint density at radius 3 is 3.05 bits per heavy atom. The molecule has 22 heavy (non-hydrogen) atoms. The zero-order chi connectivity index (χ0) is 15.4. The molecule has 2 heterocycles. The van der Waals surface area contributed by atoms with Gasteiger partial charge in [0.25, 0.3) is 5.91 Å². The maximum absolute atomic E-state index is 13.7.